The Hall–Kier alpha value is -1.51. The topological polar surface area (TPSA) is 33.6 Å². The molecule has 2 rings (SSSR count). The SMILES string of the molecule is Cc1cc(-c2cccn2C)n[nH]1. The molecular formula is C9H11N3. The summed E-state index contributed by atoms with van der Waals surface area (Å²) in [5.74, 6) is 0. The Morgan fingerprint density at radius 1 is 1.50 bits per heavy atom. The first-order chi connectivity index (χ1) is 5.77. The van der Waals surface area contributed by atoms with Crippen molar-refractivity contribution in [2.75, 3.05) is 0 Å². The molecule has 1 N–H and O–H groups in total. The van der Waals surface area contributed by atoms with Gasteiger partial charge in [-0.05, 0) is 25.1 Å². The number of aromatic nitrogens is 3. The third-order valence-electron chi connectivity index (χ3n) is 1.91. The lowest BCUT2D eigenvalue weighted by atomic mass is 10.3. The Balaban J connectivity index is 2.50. The lowest BCUT2D eigenvalue weighted by molar-refractivity contribution is 0.926. The monoisotopic (exact) mass is 161 g/mol. The van der Waals surface area contributed by atoms with Crippen molar-refractivity contribution < 1.29 is 0 Å². The van der Waals surface area contributed by atoms with Crippen LogP contribution >= 0.6 is 0 Å². The summed E-state index contributed by atoms with van der Waals surface area (Å²) >= 11 is 0. The predicted molar refractivity (Wildman–Crippen MR) is 47.7 cm³/mol. The van der Waals surface area contributed by atoms with Crippen molar-refractivity contribution in [3.8, 4) is 11.4 Å². The van der Waals surface area contributed by atoms with E-state index in [4.69, 9.17) is 0 Å². The maximum absolute atomic E-state index is 4.17. The molecule has 62 valence electrons. The fraction of sp³-hybridized carbons (Fsp3) is 0.222. The average Bonchev–Trinajstić information content (AvgIpc) is 2.58. The van der Waals surface area contributed by atoms with Gasteiger partial charge in [0, 0.05) is 18.9 Å². The first-order valence-corrected chi connectivity index (χ1v) is 3.91. The van der Waals surface area contributed by atoms with Gasteiger partial charge in [0.2, 0.25) is 0 Å². The number of H-pyrrole nitrogens is 1. The number of nitrogens with one attached hydrogen (secondary N) is 1. The summed E-state index contributed by atoms with van der Waals surface area (Å²) in [7, 11) is 2.01. The van der Waals surface area contributed by atoms with E-state index in [9.17, 15) is 0 Å². The Morgan fingerprint density at radius 3 is 2.83 bits per heavy atom. The maximum Gasteiger partial charge on any atom is 0.109 e. The number of hydrogen-bond donors (Lipinski definition) is 1. The lowest BCUT2D eigenvalue weighted by Gasteiger charge is -1.96. The molecule has 2 aromatic rings. The van der Waals surface area contributed by atoms with Gasteiger partial charge >= 0.3 is 0 Å². The molecule has 0 unspecified atom stereocenters. The van der Waals surface area contributed by atoms with Gasteiger partial charge in [0.25, 0.3) is 0 Å². The Labute approximate surface area is 71.0 Å². The van der Waals surface area contributed by atoms with Gasteiger partial charge in [-0.2, -0.15) is 5.10 Å². The van der Waals surface area contributed by atoms with Gasteiger partial charge < -0.3 is 4.57 Å². The smallest absolute Gasteiger partial charge is 0.109 e. The molecule has 0 fully saturated rings. The minimum absolute atomic E-state index is 1.00. The molecule has 2 aromatic heterocycles. The largest absolute Gasteiger partial charge is 0.349 e. The van der Waals surface area contributed by atoms with Crippen LogP contribution in [-0.2, 0) is 7.05 Å². The van der Waals surface area contributed by atoms with Gasteiger partial charge in [0.15, 0.2) is 0 Å². The maximum atomic E-state index is 4.17. The lowest BCUT2D eigenvalue weighted by Crippen LogP contribution is -1.88. The second kappa shape index (κ2) is 2.52. The van der Waals surface area contributed by atoms with E-state index in [2.05, 4.69) is 20.8 Å². The molecule has 0 saturated carbocycles. The Bertz CT molecular complexity index is 384. The molecule has 0 spiro atoms. The molecule has 0 aromatic carbocycles. The van der Waals surface area contributed by atoms with E-state index in [0.717, 1.165) is 17.1 Å². The Morgan fingerprint density at radius 2 is 2.33 bits per heavy atom. The van der Waals surface area contributed by atoms with Gasteiger partial charge in [-0.1, -0.05) is 0 Å². The van der Waals surface area contributed by atoms with Crippen LogP contribution in [0.15, 0.2) is 24.4 Å². The first kappa shape index (κ1) is 7.16. The summed E-state index contributed by atoms with van der Waals surface area (Å²) in [4.78, 5) is 0. The van der Waals surface area contributed by atoms with E-state index in [1.54, 1.807) is 0 Å². The molecule has 0 aliphatic rings. The third kappa shape index (κ3) is 1.03. The molecule has 2 heterocycles. The van der Waals surface area contributed by atoms with Crippen molar-refractivity contribution in [1.29, 1.82) is 0 Å². The molecule has 0 bridgehead atoms. The zero-order valence-electron chi connectivity index (χ0n) is 7.20. The molecule has 0 amide bonds. The summed E-state index contributed by atoms with van der Waals surface area (Å²) < 4.78 is 2.05. The zero-order chi connectivity index (χ0) is 8.55. The van der Waals surface area contributed by atoms with Crippen LogP contribution in [0.4, 0.5) is 0 Å². The van der Waals surface area contributed by atoms with Gasteiger partial charge in [-0.15, -0.1) is 0 Å². The molecule has 0 atom stereocenters. The van der Waals surface area contributed by atoms with Crippen molar-refractivity contribution in [3.05, 3.63) is 30.1 Å². The van der Waals surface area contributed by atoms with Crippen molar-refractivity contribution in [1.82, 2.24) is 14.8 Å². The van der Waals surface area contributed by atoms with Crippen LogP contribution in [0, 0.1) is 6.92 Å². The second-order valence-corrected chi connectivity index (χ2v) is 2.94. The Kier molecular flexibility index (Phi) is 1.50. The highest BCUT2D eigenvalue weighted by atomic mass is 15.1. The quantitative estimate of drug-likeness (QED) is 0.678. The van der Waals surface area contributed by atoms with Crippen LogP contribution in [0.5, 0.6) is 0 Å². The van der Waals surface area contributed by atoms with Gasteiger partial charge in [-0.3, -0.25) is 5.10 Å². The third-order valence-corrected chi connectivity index (χ3v) is 1.91. The fourth-order valence-electron chi connectivity index (χ4n) is 1.28. The van der Waals surface area contributed by atoms with E-state index in [0.29, 0.717) is 0 Å². The molecule has 0 saturated heterocycles. The second-order valence-electron chi connectivity index (χ2n) is 2.94. The molecule has 3 heteroatoms. The number of hydrogen-bond acceptors (Lipinski definition) is 1. The number of aryl methyl sites for hydroxylation is 2. The summed E-state index contributed by atoms with van der Waals surface area (Å²) in [6.45, 7) is 2.00. The highest BCUT2D eigenvalue weighted by Gasteiger charge is 2.03. The van der Waals surface area contributed by atoms with Crippen LogP contribution in [0.1, 0.15) is 5.69 Å². The average molecular weight is 161 g/mol. The number of aromatic amines is 1. The normalized spacial score (nSPS) is 10.5. The van der Waals surface area contributed by atoms with Crippen LogP contribution in [0.25, 0.3) is 11.4 Å². The highest BCUT2D eigenvalue weighted by Crippen LogP contribution is 2.16. The molecule has 3 nitrogen and oxygen atoms in total. The number of rotatable bonds is 1. The molecular weight excluding hydrogens is 150 g/mol. The summed E-state index contributed by atoms with van der Waals surface area (Å²) in [5.41, 5.74) is 3.23. The summed E-state index contributed by atoms with van der Waals surface area (Å²) in [6, 6.07) is 6.10. The summed E-state index contributed by atoms with van der Waals surface area (Å²) in [6.07, 6.45) is 2.01. The molecule has 0 aliphatic carbocycles. The predicted octanol–water partition coefficient (Wildman–Crippen LogP) is 1.72. The summed E-state index contributed by atoms with van der Waals surface area (Å²) in [5, 5.41) is 7.09. The molecule has 0 aliphatic heterocycles. The van der Waals surface area contributed by atoms with Crippen LogP contribution < -0.4 is 0 Å². The first-order valence-electron chi connectivity index (χ1n) is 3.91. The van der Waals surface area contributed by atoms with Gasteiger partial charge in [0.05, 0.1) is 5.69 Å². The van der Waals surface area contributed by atoms with E-state index in [-0.39, 0.29) is 0 Å². The minimum Gasteiger partial charge on any atom is -0.349 e. The van der Waals surface area contributed by atoms with Crippen molar-refractivity contribution >= 4 is 0 Å². The standard InChI is InChI=1S/C9H11N3/c1-7-6-8(11-10-7)9-4-3-5-12(9)2/h3-6H,1-2H3,(H,10,11). The van der Waals surface area contributed by atoms with Crippen molar-refractivity contribution in [2.24, 2.45) is 7.05 Å². The van der Waals surface area contributed by atoms with E-state index in [1.165, 1.54) is 0 Å². The molecule has 0 radical (unpaired) electrons. The van der Waals surface area contributed by atoms with Gasteiger partial charge in [0.1, 0.15) is 5.69 Å². The van der Waals surface area contributed by atoms with Crippen molar-refractivity contribution in [2.45, 2.75) is 6.92 Å². The van der Waals surface area contributed by atoms with Crippen LogP contribution in [-0.4, -0.2) is 14.8 Å². The van der Waals surface area contributed by atoms with E-state index in [1.807, 2.05) is 32.3 Å². The van der Waals surface area contributed by atoms with E-state index >= 15 is 0 Å². The van der Waals surface area contributed by atoms with Crippen LogP contribution in [0.3, 0.4) is 0 Å². The zero-order valence-corrected chi connectivity index (χ0v) is 7.20. The van der Waals surface area contributed by atoms with E-state index < -0.39 is 0 Å². The van der Waals surface area contributed by atoms with Crippen LogP contribution in [0.2, 0.25) is 0 Å². The fourth-order valence-corrected chi connectivity index (χ4v) is 1.28. The van der Waals surface area contributed by atoms with Gasteiger partial charge in [-0.25, -0.2) is 0 Å². The number of nitrogens with zero attached hydrogens (tertiary/aromatic N) is 2. The molecule has 12 heavy (non-hydrogen) atoms. The highest BCUT2D eigenvalue weighted by molar-refractivity contribution is 5.55. The minimum atomic E-state index is 1.00. The van der Waals surface area contributed by atoms with Crippen molar-refractivity contribution in [3.63, 3.8) is 0 Å².